The van der Waals surface area contributed by atoms with Gasteiger partial charge in [0.1, 0.15) is 0 Å². The molecule has 14 heavy (non-hydrogen) atoms. The van der Waals surface area contributed by atoms with Crippen LogP contribution in [0, 0.1) is 0 Å². The van der Waals surface area contributed by atoms with E-state index in [2.05, 4.69) is 0 Å². The van der Waals surface area contributed by atoms with Crippen molar-refractivity contribution in [2.24, 2.45) is 0 Å². The summed E-state index contributed by atoms with van der Waals surface area (Å²) in [6, 6.07) is 0. The van der Waals surface area contributed by atoms with Crippen LogP contribution in [0.15, 0.2) is 0 Å². The van der Waals surface area contributed by atoms with Crippen molar-refractivity contribution in [2.45, 2.75) is 59.2 Å². The van der Waals surface area contributed by atoms with Gasteiger partial charge < -0.3 is 9.47 Å². The third-order valence-electron chi connectivity index (χ3n) is 1.70. The molecule has 0 amide bonds. The highest BCUT2D eigenvalue weighted by Gasteiger charge is 2.20. The molecule has 1 atom stereocenters. The predicted molar refractivity (Wildman–Crippen MR) is 56.2 cm³/mol. The lowest BCUT2D eigenvalue weighted by atomic mass is 10.2. The molecule has 3 nitrogen and oxygen atoms in total. The second kappa shape index (κ2) is 7.80. The molecule has 0 bridgehead atoms. The molecular weight excluding hydrogens is 180 g/mol. The fraction of sp³-hybridized carbons (Fsp3) is 0.909. The minimum absolute atomic E-state index is 0.0701. The van der Waals surface area contributed by atoms with Gasteiger partial charge in [-0.15, -0.1) is 0 Å². The van der Waals surface area contributed by atoms with Crippen LogP contribution in [-0.4, -0.2) is 24.8 Å². The Morgan fingerprint density at radius 2 is 1.86 bits per heavy atom. The van der Waals surface area contributed by atoms with Gasteiger partial charge in [0.05, 0.1) is 12.7 Å². The Morgan fingerprint density at radius 3 is 2.29 bits per heavy atom. The first-order chi connectivity index (χ1) is 6.61. The number of hydrogen-bond acceptors (Lipinski definition) is 3. The normalized spacial score (nSPS) is 12.9. The molecule has 0 saturated heterocycles. The molecule has 0 aromatic heterocycles. The number of hydrogen-bond donors (Lipinski definition) is 0. The molecular formula is C11H22O3. The van der Waals surface area contributed by atoms with Gasteiger partial charge in [-0.2, -0.15) is 0 Å². The van der Waals surface area contributed by atoms with Gasteiger partial charge in [-0.05, 0) is 26.7 Å². The average molecular weight is 202 g/mol. The number of carbonyl (C=O) groups excluding carboxylic acids is 1. The summed E-state index contributed by atoms with van der Waals surface area (Å²) >= 11 is 0. The zero-order valence-corrected chi connectivity index (χ0v) is 9.71. The molecule has 0 heterocycles. The fourth-order valence-corrected chi connectivity index (χ4v) is 1.13. The predicted octanol–water partition coefficient (Wildman–Crippen LogP) is 2.53. The summed E-state index contributed by atoms with van der Waals surface area (Å²) in [6.07, 6.45) is 2.21. The minimum atomic E-state index is -0.383. The summed E-state index contributed by atoms with van der Waals surface area (Å²) in [5, 5.41) is 0. The zero-order chi connectivity index (χ0) is 11.0. The average Bonchev–Trinajstić information content (AvgIpc) is 2.13. The maximum absolute atomic E-state index is 11.5. The molecule has 0 radical (unpaired) electrons. The van der Waals surface area contributed by atoms with Crippen LogP contribution in [-0.2, 0) is 14.3 Å². The van der Waals surface area contributed by atoms with Gasteiger partial charge in [0.15, 0.2) is 6.10 Å². The second-order valence-corrected chi connectivity index (χ2v) is 3.63. The van der Waals surface area contributed by atoms with Gasteiger partial charge in [-0.25, -0.2) is 4.79 Å². The Balaban J connectivity index is 3.97. The van der Waals surface area contributed by atoms with Crippen molar-refractivity contribution in [1.82, 2.24) is 0 Å². The maximum Gasteiger partial charge on any atom is 0.335 e. The summed E-state index contributed by atoms with van der Waals surface area (Å²) in [4.78, 5) is 11.5. The quantitative estimate of drug-likeness (QED) is 0.595. The van der Waals surface area contributed by atoms with Crippen LogP contribution < -0.4 is 0 Å². The van der Waals surface area contributed by atoms with Crippen molar-refractivity contribution >= 4 is 5.97 Å². The molecule has 0 aliphatic heterocycles. The number of carbonyl (C=O) groups is 1. The first-order valence-electron chi connectivity index (χ1n) is 5.43. The number of rotatable bonds is 7. The van der Waals surface area contributed by atoms with E-state index in [-0.39, 0.29) is 18.2 Å². The van der Waals surface area contributed by atoms with Crippen molar-refractivity contribution in [3.63, 3.8) is 0 Å². The highest BCUT2D eigenvalue weighted by atomic mass is 16.6. The van der Waals surface area contributed by atoms with Crippen molar-refractivity contribution < 1.29 is 14.3 Å². The molecule has 0 aliphatic rings. The third-order valence-corrected chi connectivity index (χ3v) is 1.70. The van der Waals surface area contributed by atoms with Crippen LogP contribution in [0.4, 0.5) is 0 Å². The standard InChI is InChI=1S/C11H22O3/c1-5-7-10(14-9(3)4)11(12)13-8-6-2/h9-10H,5-8H2,1-4H3. The maximum atomic E-state index is 11.5. The van der Waals surface area contributed by atoms with Crippen molar-refractivity contribution in [1.29, 1.82) is 0 Å². The SMILES string of the molecule is CCCOC(=O)C(CCC)OC(C)C. The number of ether oxygens (including phenoxy) is 2. The van der Waals surface area contributed by atoms with Gasteiger partial charge in [-0.1, -0.05) is 20.3 Å². The fourth-order valence-electron chi connectivity index (χ4n) is 1.13. The highest BCUT2D eigenvalue weighted by Crippen LogP contribution is 2.07. The van der Waals surface area contributed by atoms with Crippen LogP contribution >= 0.6 is 0 Å². The van der Waals surface area contributed by atoms with Crippen LogP contribution in [0.3, 0.4) is 0 Å². The van der Waals surface area contributed by atoms with Crippen LogP contribution in [0.2, 0.25) is 0 Å². The van der Waals surface area contributed by atoms with E-state index in [0.717, 1.165) is 19.3 Å². The Morgan fingerprint density at radius 1 is 1.21 bits per heavy atom. The topological polar surface area (TPSA) is 35.5 Å². The van der Waals surface area contributed by atoms with Crippen molar-refractivity contribution in [2.75, 3.05) is 6.61 Å². The van der Waals surface area contributed by atoms with Gasteiger partial charge in [0.25, 0.3) is 0 Å². The van der Waals surface area contributed by atoms with Gasteiger partial charge in [0.2, 0.25) is 0 Å². The van der Waals surface area contributed by atoms with E-state index in [1.54, 1.807) is 0 Å². The Hall–Kier alpha value is -0.570. The molecule has 0 aromatic carbocycles. The molecule has 84 valence electrons. The highest BCUT2D eigenvalue weighted by molar-refractivity contribution is 5.74. The van der Waals surface area contributed by atoms with E-state index < -0.39 is 0 Å². The smallest absolute Gasteiger partial charge is 0.335 e. The first-order valence-corrected chi connectivity index (χ1v) is 5.43. The summed E-state index contributed by atoms with van der Waals surface area (Å²) in [5.41, 5.74) is 0. The first kappa shape index (κ1) is 13.4. The van der Waals surface area contributed by atoms with E-state index in [1.165, 1.54) is 0 Å². The zero-order valence-electron chi connectivity index (χ0n) is 9.71. The largest absolute Gasteiger partial charge is 0.464 e. The van der Waals surface area contributed by atoms with Crippen molar-refractivity contribution in [3.05, 3.63) is 0 Å². The third kappa shape index (κ3) is 5.97. The summed E-state index contributed by atoms with van der Waals surface area (Å²) in [6.45, 7) is 8.35. The second-order valence-electron chi connectivity index (χ2n) is 3.63. The van der Waals surface area contributed by atoms with E-state index in [4.69, 9.17) is 9.47 Å². The van der Waals surface area contributed by atoms with Crippen molar-refractivity contribution in [3.8, 4) is 0 Å². The van der Waals surface area contributed by atoms with Gasteiger partial charge >= 0.3 is 5.97 Å². The van der Waals surface area contributed by atoms with Crippen LogP contribution in [0.5, 0.6) is 0 Å². The van der Waals surface area contributed by atoms with Gasteiger partial charge in [0, 0.05) is 0 Å². The Labute approximate surface area is 86.8 Å². The number of esters is 1. The van der Waals surface area contributed by atoms with Crippen LogP contribution in [0.25, 0.3) is 0 Å². The monoisotopic (exact) mass is 202 g/mol. The van der Waals surface area contributed by atoms with E-state index in [0.29, 0.717) is 6.61 Å². The molecule has 0 aliphatic carbocycles. The lowest BCUT2D eigenvalue weighted by molar-refractivity contribution is -0.160. The molecule has 0 fully saturated rings. The molecule has 1 unspecified atom stereocenters. The lowest BCUT2D eigenvalue weighted by Crippen LogP contribution is -2.29. The molecule has 0 N–H and O–H groups in total. The summed E-state index contributed by atoms with van der Waals surface area (Å²) in [5.74, 6) is -0.220. The Bertz CT molecular complexity index is 155. The van der Waals surface area contributed by atoms with Crippen LogP contribution in [0.1, 0.15) is 47.0 Å². The summed E-state index contributed by atoms with van der Waals surface area (Å²) < 4.78 is 10.5. The molecule has 0 aromatic rings. The van der Waals surface area contributed by atoms with E-state index in [9.17, 15) is 4.79 Å². The lowest BCUT2D eigenvalue weighted by Gasteiger charge is -2.18. The molecule has 0 spiro atoms. The molecule has 0 saturated carbocycles. The summed E-state index contributed by atoms with van der Waals surface area (Å²) in [7, 11) is 0. The molecule has 3 heteroatoms. The van der Waals surface area contributed by atoms with E-state index >= 15 is 0 Å². The van der Waals surface area contributed by atoms with Gasteiger partial charge in [-0.3, -0.25) is 0 Å². The van der Waals surface area contributed by atoms with E-state index in [1.807, 2.05) is 27.7 Å². The Kier molecular flexibility index (Phi) is 7.48. The molecule has 0 rings (SSSR count). The minimum Gasteiger partial charge on any atom is -0.464 e.